The number of rotatable bonds is 5. The molecule has 0 fully saturated rings. The van der Waals surface area contributed by atoms with Crippen molar-refractivity contribution in [3.8, 4) is 5.75 Å². The summed E-state index contributed by atoms with van der Waals surface area (Å²) < 4.78 is 21.7. The van der Waals surface area contributed by atoms with Crippen molar-refractivity contribution >= 4 is 16.9 Å². The molecule has 9 heteroatoms. The summed E-state index contributed by atoms with van der Waals surface area (Å²) in [6.07, 6.45) is 1.31. The summed E-state index contributed by atoms with van der Waals surface area (Å²) in [5.41, 5.74) is -1.07. The second-order valence-corrected chi connectivity index (χ2v) is 8.43. The van der Waals surface area contributed by atoms with Crippen LogP contribution < -0.4 is 21.3 Å². The average Bonchev–Trinajstić information content (AvgIpc) is 2.73. The van der Waals surface area contributed by atoms with E-state index in [2.05, 4.69) is 10.3 Å². The van der Waals surface area contributed by atoms with Crippen molar-refractivity contribution in [3.05, 3.63) is 68.7 Å². The normalized spacial score (nSPS) is 12.6. The summed E-state index contributed by atoms with van der Waals surface area (Å²) in [5.74, 6) is -0.841. The number of carbonyl (C=O) groups excluding carboxylic acids is 1. The van der Waals surface area contributed by atoms with Crippen LogP contribution in [0.3, 0.4) is 0 Å². The molecule has 0 bridgehead atoms. The minimum Gasteiger partial charge on any atom is -0.488 e. The van der Waals surface area contributed by atoms with Gasteiger partial charge >= 0.3 is 5.69 Å². The zero-order chi connectivity index (χ0) is 22.9. The molecule has 0 saturated heterocycles. The number of ether oxygens (including phenoxy) is 1. The summed E-state index contributed by atoms with van der Waals surface area (Å²) >= 11 is 0. The van der Waals surface area contributed by atoms with Crippen LogP contribution in [0.4, 0.5) is 4.39 Å². The second kappa shape index (κ2) is 8.33. The maximum atomic E-state index is 13.9. The first kappa shape index (κ1) is 22.2. The van der Waals surface area contributed by atoms with E-state index in [1.54, 1.807) is 12.1 Å². The van der Waals surface area contributed by atoms with Gasteiger partial charge in [0.05, 0.1) is 17.0 Å². The molecular weight excluding hydrogens is 403 g/mol. The highest BCUT2D eigenvalue weighted by molar-refractivity contribution is 5.96. The van der Waals surface area contributed by atoms with Gasteiger partial charge in [-0.15, -0.1) is 0 Å². The van der Waals surface area contributed by atoms with Crippen LogP contribution in [0.2, 0.25) is 0 Å². The number of benzene rings is 1. The van der Waals surface area contributed by atoms with Crippen molar-refractivity contribution in [1.82, 2.24) is 19.4 Å². The van der Waals surface area contributed by atoms with Crippen LogP contribution in [0.25, 0.3) is 11.0 Å². The van der Waals surface area contributed by atoms with Crippen molar-refractivity contribution in [3.63, 3.8) is 0 Å². The lowest BCUT2D eigenvalue weighted by Gasteiger charge is -2.31. The first-order valence-electron chi connectivity index (χ1n) is 9.74. The third kappa shape index (κ3) is 4.50. The number of nitrogens with zero attached hydrogens (tertiary/aromatic N) is 3. The Balaban J connectivity index is 1.88. The maximum Gasteiger partial charge on any atom is 0.332 e. The largest absolute Gasteiger partial charge is 0.488 e. The number of nitrogens with one attached hydrogen (secondary N) is 1. The van der Waals surface area contributed by atoms with E-state index in [9.17, 15) is 18.8 Å². The van der Waals surface area contributed by atoms with Crippen LogP contribution in [-0.2, 0) is 14.1 Å². The Morgan fingerprint density at radius 2 is 1.87 bits per heavy atom. The Morgan fingerprint density at radius 1 is 1.19 bits per heavy atom. The molecule has 0 spiro atoms. The van der Waals surface area contributed by atoms with Crippen molar-refractivity contribution < 1.29 is 13.9 Å². The van der Waals surface area contributed by atoms with Gasteiger partial charge in [-0.3, -0.25) is 18.7 Å². The monoisotopic (exact) mass is 428 g/mol. The van der Waals surface area contributed by atoms with Crippen LogP contribution in [0.15, 0.2) is 46.1 Å². The van der Waals surface area contributed by atoms with Crippen LogP contribution in [0.1, 0.15) is 31.1 Å². The first-order chi connectivity index (χ1) is 14.5. The van der Waals surface area contributed by atoms with E-state index in [0.717, 1.165) is 4.57 Å². The number of halogens is 1. The molecule has 8 nitrogen and oxygen atoms in total. The minimum absolute atomic E-state index is 0.0491. The predicted molar refractivity (Wildman–Crippen MR) is 115 cm³/mol. The Hall–Kier alpha value is -3.49. The molecule has 0 aliphatic carbocycles. The number of aryl methyl sites for hydroxylation is 1. The summed E-state index contributed by atoms with van der Waals surface area (Å²) in [5, 5.41) is 3.04. The summed E-state index contributed by atoms with van der Waals surface area (Å²) in [6, 6.07) is 7.00. The molecule has 1 N–H and O–H groups in total. The van der Waals surface area contributed by atoms with Gasteiger partial charge in [-0.25, -0.2) is 14.2 Å². The van der Waals surface area contributed by atoms with Gasteiger partial charge in [-0.05, 0) is 23.6 Å². The number of fused-ring (bicyclic) bond motifs is 1. The molecule has 2 heterocycles. The smallest absolute Gasteiger partial charge is 0.332 e. The maximum absolute atomic E-state index is 13.9. The summed E-state index contributed by atoms with van der Waals surface area (Å²) in [6.45, 7) is 5.82. The Bertz CT molecular complexity index is 1260. The molecule has 1 atom stereocenters. The highest BCUT2D eigenvalue weighted by Crippen LogP contribution is 2.22. The fraction of sp³-hybridized carbons (Fsp3) is 0.364. The first-order valence-corrected chi connectivity index (χ1v) is 9.74. The van der Waals surface area contributed by atoms with Crippen LogP contribution in [0, 0.1) is 11.2 Å². The van der Waals surface area contributed by atoms with Crippen molar-refractivity contribution in [2.24, 2.45) is 19.5 Å². The Labute approximate surface area is 178 Å². The number of carbonyl (C=O) groups is 1. The van der Waals surface area contributed by atoms with E-state index in [1.165, 1.54) is 43.1 Å². The van der Waals surface area contributed by atoms with E-state index in [0.29, 0.717) is 0 Å². The molecule has 31 heavy (non-hydrogen) atoms. The molecular formula is C22H25FN4O4. The highest BCUT2D eigenvalue weighted by atomic mass is 19.1. The molecule has 0 radical (unpaired) electrons. The summed E-state index contributed by atoms with van der Waals surface area (Å²) in [7, 11) is 2.87. The molecule has 0 aliphatic heterocycles. The van der Waals surface area contributed by atoms with Gasteiger partial charge in [0.25, 0.3) is 11.5 Å². The SMILES string of the molecule is Cn1c(=O)c2cc(C(=O)NC(COc3ccccc3F)C(C)(C)C)cnc2n(C)c1=O. The van der Waals surface area contributed by atoms with Crippen molar-refractivity contribution in [2.45, 2.75) is 26.8 Å². The number of hydrogen-bond donors (Lipinski definition) is 1. The minimum atomic E-state index is -0.532. The van der Waals surface area contributed by atoms with Crippen LogP contribution >= 0.6 is 0 Å². The number of pyridine rings is 1. The number of para-hydroxylation sites is 1. The molecule has 1 unspecified atom stereocenters. The molecule has 164 valence electrons. The predicted octanol–water partition coefficient (Wildman–Crippen LogP) is 1.99. The average molecular weight is 428 g/mol. The topological polar surface area (TPSA) is 95.2 Å². The molecule has 1 amide bonds. The molecule has 2 aromatic heterocycles. The van der Waals surface area contributed by atoms with Gasteiger partial charge in [0.15, 0.2) is 11.6 Å². The van der Waals surface area contributed by atoms with Crippen LogP contribution in [0.5, 0.6) is 5.75 Å². The van der Waals surface area contributed by atoms with E-state index in [-0.39, 0.29) is 29.0 Å². The lowest BCUT2D eigenvalue weighted by molar-refractivity contribution is 0.0860. The number of amides is 1. The third-order valence-electron chi connectivity index (χ3n) is 5.15. The van der Waals surface area contributed by atoms with Crippen LogP contribution in [-0.4, -0.2) is 32.7 Å². The third-order valence-corrected chi connectivity index (χ3v) is 5.15. The molecule has 0 saturated carbocycles. The number of hydrogen-bond acceptors (Lipinski definition) is 5. The van der Waals surface area contributed by atoms with Crippen molar-refractivity contribution in [1.29, 1.82) is 0 Å². The number of aromatic nitrogens is 3. The molecule has 1 aromatic carbocycles. The zero-order valence-electron chi connectivity index (χ0n) is 18.1. The van der Waals surface area contributed by atoms with Crippen molar-refractivity contribution in [2.75, 3.05) is 6.61 Å². The van der Waals surface area contributed by atoms with Gasteiger partial charge in [0.2, 0.25) is 0 Å². The lowest BCUT2D eigenvalue weighted by atomic mass is 9.87. The van der Waals surface area contributed by atoms with E-state index >= 15 is 0 Å². The molecule has 3 aromatic rings. The van der Waals surface area contributed by atoms with Gasteiger partial charge < -0.3 is 10.1 Å². The quantitative estimate of drug-likeness (QED) is 0.671. The lowest BCUT2D eigenvalue weighted by Crippen LogP contribution is -2.47. The fourth-order valence-corrected chi connectivity index (χ4v) is 3.07. The van der Waals surface area contributed by atoms with Gasteiger partial charge in [-0.2, -0.15) is 0 Å². The Kier molecular flexibility index (Phi) is 5.97. The van der Waals surface area contributed by atoms with Gasteiger partial charge in [0.1, 0.15) is 12.3 Å². The molecule has 0 aliphatic rings. The summed E-state index contributed by atoms with van der Waals surface area (Å²) in [4.78, 5) is 41.6. The van der Waals surface area contributed by atoms with Gasteiger partial charge in [0, 0.05) is 20.3 Å². The highest BCUT2D eigenvalue weighted by Gasteiger charge is 2.28. The van der Waals surface area contributed by atoms with E-state index in [1.807, 2.05) is 20.8 Å². The van der Waals surface area contributed by atoms with E-state index < -0.39 is 34.4 Å². The second-order valence-electron chi connectivity index (χ2n) is 8.43. The van der Waals surface area contributed by atoms with Gasteiger partial charge in [-0.1, -0.05) is 32.9 Å². The fourth-order valence-electron chi connectivity index (χ4n) is 3.07. The van der Waals surface area contributed by atoms with E-state index in [4.69, 9.17) is 4.74 Å². The standard InChI is InChI=1S/C22H25FN4O4/c1-22(2,3)17(12-31-16-9-7-6-8-15(16)23)25-19(28)13-10-14-18(24-11-13)26(4)21(30)27(5)20(14)29/h6-11,17H,12H2,1-5H3,(H,25,28). The Morgan fingerprint density at radius 3 is 2.52 bits per heavy atom. The zero-order valence-corrected chi connectivity index (χ0v) is 18.1. The molecule has 3 rings (SSSR count).